The number of ketones is 2. The Morgan fingerprint density at radius 2 is 1.40 bits per heavy atom. The van der Waals surface area contributed by atoms with E-state index in [0.29, 0.717) is 17.7 Å². The minimum atomic E-state index is -0.393. The van der Waals surface area contributed by atoms with Crippen LogP contribution >= 0.6 is 0 Å². The van der Waals surface area contributed by atoms with E-state index in [0.717, 1.165) is 90.2 Å². The molecule has 1 amide bonds. The Morgan fingerprint density at radius 1 is 0.818 bits per heavy atom. The molecule has 0 saturated carbocycles. The molecule has 286 valence electrons. The molecule has 1 unspecified atom stereocenters. The van der Waals surface area contributed by atoms with Crippen LogP contribution in [-0.4, -0.2) is 40.6 Å². The zero-order chi connectivity index (χ0) is 39.4. The summed E-state index contributed by atoms with van der Waals surface area (Å²) in [6.45, 7) is 18.6. The lowest BCUT2D eigenvalue weighted by Gasteiger charge is -2.51. The monoisotopic (exact) mass is 737 g/mol. The van der Waals surface area contributed by atoms with Gasteiger partial charge in [0.2, 0.25) is 11.7 Å². The maximum absolute atomic E-state index is 14.5. The van der Waals surface area contributed by atoms with Gasteiger partial charge in [0.15, 0.2) is 5.78 Å². The van der Waals surface area contributed by atoms with Gasteiger partial charge in [0.05, 0.1) is 16.8 Å². The lowest BCUT2D eigenvalue weighted by molar-refractivity contribution is -0.120. The van der Waals surface area contributed by atoms with Crippen molar-refractivity contribution in [1.29, 1.82) is 0 Å². The average Bonchev–Trinajstić information content (AvgIpc) is 3.14. The summed E-state index contributed by atoms with van der Waals surface area (Å²) < 4.78 is 0. The van der Waals surface area contributed by atoms with Gasteiger partial charge in [0.1, 0.15) is 5.76 Å². The summed E-state index contributed by atoms with van der Waals surface area (Å²) >= 11 is 0. The quantitative estimate of drug-likeness (QED) is 0.201. The zero-order valence-electron chi connectivity index (χ0n) is 33.7. The number of Topliss-reactive ketones (excluding diaryl/α,β-unsaturated/α-hetero) is 2. The number of piperidine rings is 1. The molecular weight excluding hydrogens is 683 g/mol. The van der Waals surface area contributed by atoms with Crippen LogP contribution in [0.4, 0.5) is 22.7 Å². The SMILES string of the molecule is CCCCC(CC)C(=O)Nc1cc(N(c2ccc(C)cc2)c2ccc(C)cc2)ccc1C1=C(O)/C(=C2/C=C3C4=C(C2=O)C(C)(C)CCN4CCC3(C)C)C1=O. The summed E-state index contributed by atoms with van der Waals surface area (Å²) in [6, 6.07) is 22.2. The number of nitrogens with zero attached hydrogens (tertiary/aromatic N) is 2. The average molecular weight is 738 g/mol. The molecule has 2 heterocycles. The summed E-state index contributed by atoms with van der Waals surface area (Å²) in [5.74, 6) is -1.10. The molecule has 0 aromatic heterocycles. The predicted molar refractivity (Wildman–Crippen MR) is 223 cm³/mol. The number of rotatable bonds is 10. The number of allylic oxidation sites excluding steroid dienone is 6. The first kappa shape index (κ1) is 38.1. The third-order valence-electron chi connectivity index (χ3n) is 12.3. The Balaban J connectivity index is 1.37. The minimum Gasteiger partial charge on any atom is -0.506 e. The molecule has 2 aliphatic carbocycles. The molecule has 0 spiro atoms. The molecule has 0 radical (unpaired) electrons. The van der Waals surface area contributed by atoms with Gasteiger partial charge < -0.3 is 20.2 Å². The van der Waals surface area contributed by atoms with E-state index in [1.165, 1.54) is 0 Å². The predicted octanol–water partition coefficient (Wildman–Crippen LogP) is 11.0. The molecule has 3 aromatic carbocycles. The van der Waals surface area contributed by atoms with E-state index in [-0.39, 0.29) is 50.9 Å². The van der Waals surface area contributed by atoms with E-state index in [2.05, 4.69) is 112 Å². The smallest absolute Gasteiger partial charge is 0.227 e. The maximum Gasteiger partial charge on any atom is 0.227 e. The van der Waals surface area contributed by atoms with Gasteiger partial charge in [0.25, 0.3) is 0 Å². The van der Waals surface area contributed by atoms with Crippen LogP contribution in [0.1, 0.15) is 96.8 Å². The molecule has 1 saturated heterocycles. The molecule has 7 heteroatoms. The molecule has 0 bridgehead atoms. The van der Waals surface area contributed by atoms with Crippen molar-refractivity contribution < 1.29 is 19.5 Å². The number of anilines is 4. The third-order valence-corrected chi connectivity index (χ3v) is 12.3. The molecule has 7 rings (SSSR count). The van der Waals surface area contributed by atoms with Crippen LogP contribution < -0.4 is 10.2 Å². The number of aryl methyl sites for hydroxylation is 2. The van der Waals surface area contributed by atoms with Crippen molar-refractivity contribution in [3.63, 3.8) is 0 Å². The van der Waals surface area contributed by atoms with E-state index in [1.807, 2.05) is 31.2 Å². The van der Waals surface area contributed by atoms with Crippen LogP contribution in [0, 0.1) is 30.6 Å². The Kier molecular flexibility index (Phi) is 10.0. The van der Waals surface area contributed by atoms with Gasteiger partial charge in [0, 0.05) is 58.5 Å². The van der Waals surface area contributed by atoms with Crippen LogP contribution in [0.5, 0.6) is 0 Å². The number of aliphatic hydroxyl groups is 1. The lowest BCUT2D eigenvalue weighted by atomic mass is 9.63. The highest BCUT2D eigenvalue weighted by Crippen LogP contribution is 2.54. The fourth-order valence-electron chi connectivity index (χ4n) is 8.67. The molecule has 2 aliphatic heterocycles. The summed E-state index contributed by atoms with van der Waals surface area (Å²) in [4.78, 5) is 47.3. The van der Waals surface area contributed by atoms with Crippen LogP contribution in [-0.2, 0) is 14.4 Å². The number of carbonyl (C=O) groups excluding carboxylic acids is 3. The second-order valence-corrected chi connectivity index (χ2v) is 17.2. The second kappa shape index (κ2) is 14.5. The highest BCUT2D eigenvalue weighted by molar-refractivity contribution is 6.42. The number of carbonyl (C=O) groups is 3. The first-order valence-corrected chi connectivity index (χ1v) is 20.0. The standard InChI is InChI=1S/C48H55N3O4/c1-9-11-12-31(10-2)46(55)49-38-27-34(51(32-17-13-29(3)14-18-32)33-19-15-30(4)16-20-33)21-22-35(38)39-44(53)40(45(39)54)36-28-37-42-41(43(36)52)48(7,8)24-26-50(42)25-23-47(37,5)6/h13-22,27-28,31,53H,9-12,23-26H2,1-8H3,(H,49,55)/b40-36+. The van der Waals surface area contributed by atoms with Crippen LogP contribution in [0.2, 0.25) is 0 Å². The van der Waals surface area contributed by atoms with E-state index in [1.54, 1.807) is 0 Å². The molecule has 7 nitrogen and oxygen atoms in total. The number of hydrogen-bond donors (Lipinski definition) is 2. The first-order chi connectivity index (χ1) is 26.2. The second-order valence-electron chi connectivity index (χ2n) is 17.2. The number of unbranched alkanes of at least 4 members (excludes halogenated alkanes) is 1. The topological polar surface area (TPSA) is 90.0 Å². The normalized spacial score (nSPS) is 20.5. The van der Waals surface area contributed by atoms with Crippen LogP contribution in [0.15, 0.2) is 107 Å². The van der Waals surface area contributed by atoms with Gasteiger partial charge in [-0.2, -0.15) is 0 Å². The van der Waals surface area contributed by atoms with Crippen molar-refractivity contribution in [2.75, 3.05) is 23.3 Å². The van der Waals surface area contributed by atoms with E-state index < -0.39 is 5.78 Å². The Labute approximate surface area is 326 Å². The van der Waals surface area contributed by atoms with Gasteiger partial charge in [-0.15, -0.1) is 0 Å². The van der Waals surface area contributed by atoms with Gasteiger partial charge in [-0.3, -0.25) is 14.4 Å². The highest BCUT2D eigenvalue weighted by Gasteiger charge is 2.49. The lowest BCUT2D eigenvalue weighted by Crippen LogP contribution is -2.48. The molecule has 3 aromatic rings. The number of aliphatic hydroxyl groups excluding tert-OH is 1. The molecule has 1 fully saturated rings. The van der Waals surface area contributed by atoms with E-state index in [9.17, 15) is 19.5 Å². The summed E-state index contributed by atoms with van der Waals surface area (Å²) in [6.07, 6.45) is 7.00. The minimum absolute atomic E-state index is 0.0602. The molecule has 2 N–H and O–H groups in total. The van der Waals surface area contributed by atoms with Gasteiger partial charge in [-0.25, -0.2) is 0 Å². The molecule has 1 atom stereocenters. The van der Waals surface area contributed by atoms with Crippen molar-refractivity contribution in [2.45, 2.75) is 93.9 Å². The summed E-state index contributed by atoms with van der Waals surface area (Å²) in [5, 5.41) is 15.1. The van der Waals surface area contributed by atoms with Crippen molar-refractivity contribution >= 4 is 45.8 Å². The third kappa shape index (κ3) is 6.76. The maximum atomic E-state index is 14.5. The fraction of sp³-hybridized carbons (Fsp3) is 0.396. The van der Waals surface area contributed by atoms with Crippen LogP contribution in [0.25, 0.3) is 5.57 Å². The summed E-state index contributed by atoms with van der Waals surface area (Å²) in [7, 11) is 0. The Morgan fingerprint density at radius 3 is 1.96 bits per heavy atom. The van der Waals surface area contributed by atoms with Crippen molar-refractivity contribution in [3.05, 3.63) is 123 Å². The van der Waals surface area contributed by atoms with Gasteiger partial charge in [-0.05, 0) is 104 Å². The molecular formula is C48H55N3O4. The van der Waals surface area contributed by atoms with Gasteiger partial charge >= 0.3 is 0 Å². The first-order valence-electron chi connectivity index (χ1n) is 20.0. The summed E-state index contributed by atoms with van der Waals surface area (Å²) in [5.41, 5.74) is 8.48. The number of benzene rings is 3. The zero-order valence-corrected chi connectivity index (χ0v) is 33.7. The molecule has 55 heavy (non-hydrogen) atoms. The fourth-order valence-corrected chi connectivity index (χ4v) is 8.67. The highest BCUT2D eigenvalue weighted by atomic mass is 16.3. The number of amides is 1. The van der Waals surface area contributed by atoms with Crippen molar-refractivity contribution in [1.82, 2.24) is 4.90 Å². The van der Waals surface area contributed by atoms with Gasteiger partial charge in [-0.1, -0.05) is 89.8 Å². The largest absolute Gasteiger partial charge is 0.506 e. The van der Waals surface area contributed by atoms with E-state index >= 15 is 0 Å². The van der Waals surface area contributed by atoms with E-state index in [4.69, 9.17) is 0 Å². The van der Waals surface area contributed by atoms with Crippen LogP contribution in [0.3, 0.4) is 0 Å². The molecule has 4 aliphatic rings. The van der Waals surface area contributed by atoms with Crippen molar-refractivity contribution in [2.24, 2.45) is 16.7 Å². The Bertz CT molecular complexity index is 2150. The number of nitrogens with one attached hydrogen (secondary N) is 1. The van der Waals surface area contributed by atoms with Crippen molar-refractivity contribution in [3.8, 4) is 0 Å². The Hall–Kier alpha value is -5.17. The number of hydrogen-bond acceptors (Lipinski definition) is 6.